The molecular weight excluding hydrogens is 303 g/mol. The molecule has 2 aromatic rings. The highest BCUT2D eigenvalue weighted by molar-refractivity contribution is 5.85. The van der Waals surface area contributed by atoms with Gasteiger partial charge in [-0.1, -0.05) is 49.4 Å². The number of benzene rings is 2. The molecule has 2 aromatic carbocycles. The predicted octanol–water partition coefficient (Wildman–Crippen LogP) is 4.18. The summed E-state index contributed by atoms with van der Waals surface area (Å²) >= 11 is 0. The number of para-hydroxylation sites is 1. The molecule has 2 rings (SSSR count). The van der Waals surface area contributed by atoms with Crippen molar-refractivity contribution < 1.29 is 0 Å². The molecule has 0 amide bonds. The Hall–Kier alpha value is -1.22. The quantitative estimate of drug-likeness (QED) is 0.809. The predicted molar refractivity (Wildman–Crippen MR) is 96.7 cm³/mol. The van der Waals surface area contributed by atoms with E-state index in [1.54, 1.807) is 0 Å². The standard InChI is InChI=1S/C17H22N2.2ClH/c1-3-13-8-4-6-10-15(13)17(19-2)12-14-9-5-7-11-16(14)18;;/h4-11,17,19H,3,12,18H2,1-2H3;2*1H. The smallest absolute Gasteiger partial charge is 0.0361 e. The second-order valence-corrected chi connectivity index (χ2v) is 4.80. The van der Waals surface area contributed by atoms with Crippen molar-refractivity contribution in [2.75, 3.05) is 12.8 Å². The molecular formula is C17H24Cl2N2. The highest BCUT2D eigenvalue weighted by atomic mass is 35.5. The molecule has 4 heteroatoms. The van der Waals surface area contributed by atoms with Crippen LogP contribution in [0, 0.1) is 0 Å². The minimum Gasteiger partial charge on any atom is -0.399 e. The monoisotopic (exact) mass is 326 g/mol. The average molecular weight is 327 g/mol. The van der Waals surface area contributed by atoms with E-state index in [4.69, 9.17) is 5.73 Å². The number of rotatable bonds is 5. The van der Waals surface area contributed by atoms with Crippen molar-refractivity contribution in [3.8, 4) is 0 Å². The molecule has 21 heavy (non-hydrogen) atoms. The summed E-state index contributed by atoms with van der Waals surface area (Å²) in [5.41, 5.74) is 10.9. The summed E-state index contributed by atoms with van der Waals surface area (Å²) in [6.45, 7) is 2.20. The summed E-state index contributed by atoms with van der Waals surface area (Å²) in [6, 6.07) is 17.0. The second-order valence-electron chi connectivity index (χ2n) is 4.80. The van der Waals surface area contributed by atoms with Crippen LogP contribution >= 0.6 is 24.8 Å². The zero-order valence-corrected chi connectivity index (χ0v) is 14.1. The SMILES string of the molecule is CCc1ccccc1C(Cc1ccccc1N)NC.Cl.Cl. The van der Waals surface area contributed by atoms with Crippen molar-refractivity contribution in [3.63, 3.8) is 0 Å². The third-order valence-electron chi connectivity index (χ3n) is 3.64. The molecule has 116 valence electrons. The van der Waals surface area contributed by atoms with Crippen LogP contribution in [-0.2, 0) is 12.8 Å². The third kappa shape index (κ3) is 4.92. The lowest BCUT2D eigenvalue weighted by Crippen LogP contribution is -2.20. The molecule has 1 unspecified atom stereocenters. The Morgan fingerprint density at radius 2 is 1.52 bits per heavy atom. The lowest BCUT2D eigenvalue weighted by molar-refractivity contribution is 0.587. The molecule has 2 nitrogen and oxygen atoms in total. The molecule has 0 fully saturated rings. The average Bonchev–Trinajstić information content (AvgIpc) is 2.46. The van der Waals surface area contributed by atoms with Gasteiger partial charge in [0.25, 0.3) is 0 Å². The van der Waals surface area contributed by atoms with E-state index in [-0.39, 0.29) is 24.8 Å². The Morgan fingerprint density at radius 3 is 2.10 bits per heavy atom. The Bertz CT molecular complexity index is 544. The van der Waals surface area contributed by atoms with E-state index in [9.17, 15) is 0 Å². The lowest BCUT2D eigenvalue weighted by Gasteiger charge is -2.20. The molecule has 0 aliphatic heterocycles. The van der Waals surface area contributed by atoms with Gasteiger partial charge in [0.1, 0.15) is 0 Å². The van der Waals surface area contributed by atoms with Crippen LogP contribution < -0.4 is 11.1 Å². The maximum atomic E-state index is 6.04. The summed E-state index contributed by atoms with van der Waals surface area (Å²) in [4.78, 5) is 0. The number of nitrogens with one attached hydrogen (secondary N) is 1. The van der Waals surface area contributed by atoms with Gasteiger partial charge in [-0.05, 0) is 42.6 Å². The number of anilines is 1. The largest absolute Gasteiger partial charge is 0.399 e. The van der Waals surface area contributed by atoms with E-state index in [0.29, 0.717) is 6.04 Å². The molecule has 0 aliphatic rings. The number of halogens is 2. The fourth-order valence-corrected chi connectivity index (χ4v) is 2.50. The van der Waals surface area contributed by atoms with Gasteiger partial charge in [-0.15, -0.1) is 24.8 Å². The zero-order valence-electron chi connectivity index (χ0n) is 12.5. The van der Waals surface area contributed by atoms with Crippen LogP contribution in [0.1, 0.15) is 29.7 Å². The molecule has 0 bridgehead atoms. The summed E-state index contributed by atoms with van der Waals surface area (Å²) in [6.07, 6.45) is 1.97. The third-order valence-corrected chi connectivity index (χ3v) is 3.64. The van der Waals surface area contributed by atoms with Gasteiger partial charge in [0.15, 0.2) is 0 Å². The fraction of sp³-hybridized carbons (Fsp3) is 0.294. The topological polar surface area (TPSA) is 38.0 Å². The summed E-state index contributed by atoms with van der Waals surface area (Å²) in [5, 5.41) is 3.41. The molecule has 3 N–H and O–H groups in total. The molecule has 0 saturated heterocycles. The van der Waals surface area contributed by atoms with E-state index in [1.807, 2.05) is 25.2 Å². The first-order valence-corrected chi connectivity index (χ1v) is 6.84. The second kappa shape index (κ2) is 9.67. The van der Waals surface area contributed by atoms with E-state index in [2.05, 4.69) is 42.6 Å². The molecule has 0 aromatic heterocycles. The van der Waals surface area contributed by atoms with Gasteiger partial charge >= 0.3 is 0 Å². The minimum atomic E-state index is 0. The normalized spacial score (nSPS) is 11.1. The number of nitrogens with two attached hydrogens (primary N) is 1. The van der Waals surface area contributed by atoms with Crippen LogP contribution in [0.2, 0.25) is 0 Å². The summed E-state index contributed by atoms with van der Waals surface area (Å²) in [7, 11) is 2.01. The number of hydrogen-bond donors (Lipinski definition) is 2. The molecule has 0 saturated carbocycles. The van der Waals surface area contributed by atoms with E-state index < -0.39 is 0 Å². The highest BCUT2D eigenvalue weighted by Gasteiger charge is 2.14. The van der Waals surface area contributed by atoms with Crippen molar-refractivity contribution in [1.82, 2.24) is 5.32 Å². The highest BCUT2D eigenvalue weighted by Crippen LogP contribution is 2.24. The first-order valence-electron chi connectivity index (χ1n) is 6.84. The van der Waals surface area contributed by atoms with Gasteiger partial charge in [0.05, 0.1) is 0 Å². The Labute approximate surface area is 140 Å². The van der Waals surface area contributed by atoms with Crippen LogP contribution in [0.4, 0.5) is 5.69 Å². The lowest BCUT2D eigenvalue weighted by atomic mass is 9.93. The van der Waals surface area contributed by atoms with Crippen LogP contribution in [0.25, 0.3) is 0 Å². The maximum absolute atomic E-state index is 6.04. The van der Waals surface area contributed by atoms with Gasteiger partial charge in [-0.2, -0.15) is 0 Å². The van der Waals surface area contributed by atoms with Gasteiger partial charge in [-0.3, -0.25) is 0 Å². The van der Waals surface area contributed by atoms with E-state index in [0.717, 1.165) is 18.5 Å². The molecule has 1 atom stereocenters. The Kier molecular flexibility index (Phi) is 9.11. The van der Waals surface area contributed by atoms with Crippen LogP contribution in [0.5, 0.6) is 0 Å². The van der Waals surface area contributed by atoms with Crippen molar-refractivity contribution in [2.45, 2.75) is 25.8 Å². The van der Waals surface area contributed by atoms with Crippen molar-refractivity contribution >= 4 is 30.5 Å². The van der Waals surface area contributed by atoms with Crippen LogP contribution in [0.3, 0.4) is 0 Å². The molecule has 0 radical (unpaired) electrons. The van der Waals surface area contributed by atoms with Gasteiger partial charge in [0, 0.05) is 11.7 Å². The van der Waals surface area contributed by atoms with E-state index in [1.165, 1.54) is 16.7 Å². The number of hydrogen-bond acceptors (Lipinski definition) is 2. The van der Waals surface area contributed by atoms with Gasteiger partial charge < -0.3 is 11.1 Å². The van der Waals surface area contributed by atoms with Gasteiger partial charge in [-0.25, -0.2) is 0 Å². The number of aryl methyl sites for hydroxylation is 1. The number of nitrogen functional groups attached to an aromatic ring is 1. The molecule has 0 aliphatic carbocycles. The van der Waals surface area contributed by atoms with Crippen molar-refractivity contribution in [1.29, 1.82) is 0 Å². The van der Waals surface area contributed by atoms with Crippen LogP contribution in [-0.4, -0.2) is 7.05 Å². The first kappa shape index (κ1) is 19.8. The summed E-state index contributed by atoms with van der Waals surface area (Å²) in [5.74, 6) is 0. The fourth-order valence-electron chi connectivity index (χ4n) is 2.50. The van der Waals surface area contributed by atoms with Crippen molar-refractivity contribution in [3.05, 3.63) is 65.2 Å². The number of likely N-dealkylation sites (N-methyl/N-ethyl adjacent to an activating group) is 1. The van der Waals surface area contributed by atoms with Gasteiger partial charge in [0.2, 0.25) is 0 Å². The Morgan fingerprint density at radius 1 is 0.952 bits per heavy atom. The van der Waals surface area contributed by atoms with Crippen LogP contribution in [0.15, 0.2) is 48.5 Å². The van der Waals surface area contributed by atoms with Crippen molar-refractivity contribution in [2.24, 2.45) is 0 Å². The maximum Gasteiger partial charge on any atom is 0.0361 e. The first-order chi connectivity index (χ1) is 9.26. The molecule has 0 spiro atoms. The minimum absolute atomic E-state index is 0. The van der Waals surface area contributed by atoms with E-state index >= 15 is 0 Å². The molecule has 0 heterocycles. The zero-order chi connectivity index (χ0) is 13.7. The Balaban J connectivity index is 0.00000200. The summed E-state index contributed by atoms with van der Waals surface area (Å²) < 4.78 is 0.